The molecule has 29 heavy (non-hydrogen) atoms. The lowest BCUT2D eigenvalue weighted by Crippen LogP contribution is -2.28. The number of halogens is 1. The smallest absolute Gasteiger partial charge is 0.269 e. The van der Waals surface area contributed by atoms with Crippen molar-refractivity contribution in [3.8, 4) is 11.3 Å². The number of anilines is 1. The third kappa shape index (κ3) is 5.39. The van der Waals surface area contributed by atoms with E-state index >= 15 is 0 Å². The first kappa shape index (κ1) is 20.5. The summed E-state index contributed by atoms with van der Waals surface area (Å²) < 4.78 is 0. The number of nitrogens with zero attached hydrogens (tertiary/aromatic N) is 2. The number of pyridine rings is 2. The van der Waals surface area contributed by atoms with Crippen LogP contribution in [0.5, 0.6) is 0 Å². The van der Waals surface area contributed by atoms with Crippen molar-refractivity contribution in [1.82, 2.24) is 15.3 Å². The van der Waals surface area contributed by atoms with Gasteiger partial charge in [0.2, 0.25) is 0 Å². The molecule has 0 spiro atoms. The number of amides is 2. The van der Waals surface area contributed by atoms with Crippen molar-refractivity contribution >= 4 is 29.1 Å². The Kier molecular flexibility index (Phi) is 6.57. The van der Waals surface area contributed by atoms with E-state index < -0.39 is 0 Å². The third-order valence-corrected chi connectivity index (χ3v) is 4.42. The maximum Gasteiger partial charge on any atom is 0.269 e. The average molecular weight is 409 g/mol. The van der Waals surface area contributed by atoms with Crippen molar-refractivity contribution in [2.24, 2.45) is 5.92 Å². The fraction of sp³-hybridized carbons (Fsp3) is 0.182. The maximum atomic E-state index is 12.5. The maximum absolute atomic E-state index is 12.5. The zero-order chi connectivity index (χ0) is 20.8. The summed E-state index contributed by atoms with van der Waals surface area (Å²) in [5, 5.41) is 6.15. The Hall–Kier alpha value is -3.25. The van der Waals surface area contributed by atoms with Crippen molar-refractivity contribution in [2.75, 3.05) is 11.9 Å². The molecule has 0 unspecified atom stereocenters. The van der Waals surface area contributed by atoms with Gasteiger partial charge in [0.05, 0.1) is 16.3 Å². The molecule has 0 fully saturated rings. The molecule has 3 aromatic rings. The van der Waals surface area contributed by atoms with Gasteiger partial charge < -0.3 is 10.6 Å². The molecule has 0 bridgehead atoms. The Morgan fingerprint density at radius 1 is 1.03 bits per heavy atom. The van der Waals surface area contributed by atoms with Gasteiger partial charge in [-0.05, 0) is 48.4 Å². The molecule has 1 aromatic carbocycles. The summed E-state index contributed by atoms with van der Waals surface area (Å²) in [5.41, 5.74) is 2.64. The first-order valence-electron chi connectivity index (χ1n) is 9.20. The Morgan fingerprint density at radius 2 is 1.86 bits per heavy atom. The second-order valence-corrected chi connectivity index (χ2v) is 7.31. The van der Waals surface area contributed by atoms with Crippen LogP contribution in [-0.4, -0.2) is 28.3 Å². The van der Waals surface area contributed by atoms with Crippen molar-refractivity contribution in [2.45, 2.75) is 13.8 Å². The minimum atomic E-state index is -0.332. The van der Waals surface area contributed by atoms with E-state index in [1.165, 1.54) is 12.3 Å². The Labute approximate surface area is 174 Å². The van der Waals surface area contributed by atoms with Crippen LogP contribution in [-0.2, 0) is 0 Å². The summed E-state index contributed by atoms with van der Waals surface area (Å²) >= 11 is 6.28. The second-order valence-electron chi connectivity index (χ2n) is 6.90. The highest BCUT2D eigenvalue weighted by atomic mass is 35.5. The molecule has 0 saturated carbocycles. The van der Waals surface area contributed by atoms with Gasteiger partial charge in [-0.25, -0.2) is 0 Å². The largest absolute Gasteiger partial charge is 0.350 e. The Balaban J connectivity index is 1.71. The Morgan fingerprint density at radius 3 is 2.52 bits per heavy atom. The number of nitrogens with one attached hydrogen (secondary N) is 2. The van der Waals surface area contributed by atoms with E-state index in [0.29, 0.717) is 34.4 Å². The standard InChI is InChI=1S/C22H21ClN4O2/c1-14(2)12-26-22(29)20-9-6-15(13-25-20)21(28)27-16-7-8-18(23)17(11-16)19-5-3-4-10-24-19/h3-11,13-14H,12H2,1-2H3,(H,26,29)(H,27,28). The lowest BCUT2D eigenvalue weighted by Gasteiger charge is -2.10. The topological polar surface area (TPSA) is 84.0 Å². The first-order valence-corrected chi connectivity index (χ1v) is 9.58. The molecular weight excluding hydrogens is 388 g/mol. The number of aromatic nitrogens is 2. The van der Waals surface area contributed by atoms with Gasteiger partial charge in [0, 0.05) is 30.2 Å². The summed E-state index contributed by atoms with van der Waals surface area (Å²) in [4.78, 5) is 33.0. The van der Waals surface area contributed by atoms with Gasteiger partial charge in [-0.15, -0.1) is 0 Å². The molecule has 0 aliphatic carbocycles. The molecule has 0 saturated heterocycles. The van der Waals surface area contributed by atoms with E-state index in [9.17, 15) is 9.59 Å². The van der Waals surface area contributed by atoms with E-state index in [4.69, 9.17) is 11.6 Å². The van der Waals surface area contributed by atoms with Crippen molar-refractivity contribution in [3.05, 3.63) is 77.2 Å². The highest BCUT2D eigenvalue weighted by Crippen LogP contribution is 2.29. The number of benzene rings is 1. The molecule has 148 valence electrons. The zero-order valence-electron chi connectivity index (χ0n) is 16.1. The van der Waals surface area contributed by atoms with Gasteiger partial charge in [0.15, 0.2) is 0 Å². The van der Waals surface area contributed by atoms with Crippen LogP contribution in [0.3, 0.4) is 0 Å². The fourth-order valence-corrected chi connectivity index (χ4v) is 2.79. The van der Waals surface area contributed by atoms with E-state index in [1.807, 2.05) is 32.0 Å². The fourth-order valence-electron chi connectivity index (χ4n) is 2.57. The molecule has 2 heterocycles. The number of hydrogen-bond acceptors (Lipinski definition) is 4. The number of hydrogen-bond donors (Lipinski definition) is 2. The summed E-state index contributed by atoms with van der Waals surface area (Å²) in [6.07, 6.45) is 3.07. The summed E-state index contributed by atoms with van der Waals surface area (Å²) in [6.45, 7) is 4.59. The first-order chi connectivity index (χ1) is 13.9. The summed E-state index contributed by atoms with van der Waals surface area (Å²) in [7, 11) is 0. The van der Waals surface area contributed by atoms with Crippen LogP contribution in [0.2, 0.25) is 5.02 Å². The molecule has 0 atom stereocenters. The van der Waals surface area contributed by atoms with Crippen LogP contribution >= 0.6 is 11.6 Å². The minimum absolute atomic E-state index is 0.261. The predicted octanol–water partition coefficient (Wildman–Crippen LogP) is 4.44. The molecule has 3 rings (SSSR count). The number of carbonyl (C=O) groups is 2. The molecule has 0 aliphatic rings. The van der Waals surface area contributed by atoms with Crippen LogP contribution in [0.4, 0.5) is 5.69 Å². The number of rotatable bonds is 6. The second kappa shape index (κ2) is 9.30. The quantitative estimate of drug-likeness (QED) is 0.631. The van der Waals surface area contributed by atoms with Crippen LogP contribution in [0.15, 0.2) is 60.9 Å². The SMILES string of the molecule is CC(C)CNC(=O)c1ccc(C(=O)Nc2ccc(Cl)c(-c3ccccn3)c2)cn1. The highest BCUT2D eigenvalue weighted by Gasteiger charge is 2.12. The normalized spacial score (nSPS) is 10.6. The van der Waals surface area contributed by atoms with Gasteiger partial charge in [0.25, 0.3) is 11.8 Å². The average Bonchev–Trinajstić information content (AvgIpc) is 2.74. The summed E-state index contributed by atoms with van der Waals surface area (Å²) in [6, 6.07) is 13.8. The lowest BCUT2D eigenvalue weighted by atomic mass is 10.1. The van der Waals surface area contributed by atoms with Crippen LogP contribution in [0, 0.1) is 5.92 Å². The molecule has 2 amide bonds. The predicted molar refractivity (Wildman–Crippen MR) is 114 cm³/mol. The van der Waals surface area contributed by atoms with Gasteiger partial charge in [-0.2, -0.15) is 0 Å². The lowest BCUT2D eigenvalue weighted by molar-refractivity contribution is 0.0942. The minimum Gasteiger partial charge on any atom is -0.350 e. The molecule has 0 radical (unpaired) electrons. The van der Waals surface area contributed by atoms with Gasteiger partial charge in [-0.3, -0.25) is 19.6 Å². The van der Waals surface area contributed by atoms with Crippen LogP contribution in [0.1, 0.15) is 34.7 Å². The van der Waals surface area contributed by atoms with Crippen molar-refractivity contribution < 1.29 is 9.59 Å². The molecule has 7 heteroatoms. The van der Waals surface area contributed by atoms with E-state index in [1.54, 1.807) is 30.5 Å². The van der Waals surface area contributed by atoms with Gasteiger partial charge in [-0.1, -0.05) is 31.5 Å². The molecule has 2 aromatic heterocycles. The van der Waals surface area contributed by atoms with Gasteiger partial charge in [0.1, 0.15) is 5.69 Å². The molecule has 2 N–H and O–H groups in total. The van der Waals surface area contributed by atoms with Crippen LogP contribution in [0.25, 0.3) is 11.3 Å². The molecule has 6 nitrogen and oxygen atoms in total. The van der Waals surface area contributed by atoms with Crippen molar-refractivity contribution in [1.29, 1.82) is 0 Å². The van der Waals surface area contributed by atoms with Gasteiger partial charge >= 0.3 is 0 Å². The number of carbonyl (C=O) groups excluding carboxylic acids is 2. The highest BCUT2D eigenvalue weighted by molar-refractivity contribution is 6.33. The van der Waals surface area contributed by atoms with E-state index in [-0.39, 0.29) is 17.5 Å². The van der Waals surface area contributed by atoms with Crippen LogP contribution < -0.4 is 10.6 Å². The third-order valence-electron chi connectivity index (χ3n) is 4.09. The van der Waals surface area contributed by atoms with E-state index in [0.717, 1.165) is 5.56 Å². The molecular formula is C22H21ClN4O2. The Bertz CT molecular complexity index is 1010. The van der Waals surface area contributed by atoms with Crippen molar-refractivity contribution in [3.63, 3.8) is 0 Å². The summed E-state index contributed by atoms with van der Waals surface area (Å²) in [5.74, 6) is -0.247. The zero-order valence-corrected chi connectivity index (χ0v) is 16.9. The molecule has 0 aliphatic heterocycles. The van der Waals surface area contributed by atoms with E-state index in [2.05, 4.69) is 20.6 Å². The monoisotopic (exact) mass is 408 g/mol.